The number of para-hydroxylation sites is 1. The third-order valence-corrected chi connectivity index (χ3v) is 4.49. The van der Waals surface area contributed by atoms with Gasteiger partial charge in [0.25, 0.3) is 0 Å². The fraction of sp³-hybridized carbons (Fsp3) is 0.429. The fourth-order valence-corrected chi connectivity index (χ4v) is 2.54. The third kappa shape index (κ3) is 2.32. The van der Waals surface area contributed by atoms with Gasteiger partial charge >= 0.3 is 0 Å². The molecule has 0 amide bonds. The van der Waals surface area contributed by atoms with Crippen molar-refractivity contribution in [2.45, 2.75) is 25.9 Å². The van der Waals surface area contributed by atoms with E-state index in [1.165, 1.54) is 5.56 Å². The standard InChI is InChI=1S/C14H17BrO/c1-3-14(2,10-15)9-12-8-11-6-4-5-7-13(11)16-12/h3-7,12H,1,8-10H2,2H3. The van der Waals surface area contributed by atoms with Gasteiger partial charge in [-0.15, -0.1) is 6.58 Å². The lowest BCUT2D eigenvalue weighted by atomic mass is 9.86. The zero-order chi connectivity index (χ0) is 11.6. The van der Waals surface area contributed by atoms with Gasteiger partial charge in [-0.25, -0.2) is 0 Å². The van der Waals surface area contributed by atoms with Crippen molar-refractivity contribution in [2.75, 3.05) is 5.33 Å². The second-order valence-electron chi connectivity index (χ2n) is 4.75. The van der Waals surface area contributed by atoms with Gasteiger partial charge in [0, 0.05) is 11.8 Å². The molecule has 2 rings (SSSR count). The van der Waals surface area contributed by atoms with Crippen LogP contribution in [-0.4, -0.2) is 11.4 Å². The number of allylic oxidation sites excluding steroid dienone is 1. The van der Waals surface area contributed by atoms with Crippen LogP contribution in [0.2, 0.25) is 0 Å². The molecule has 2 unspecified atom stereocenters. The SMILES string of the molecule is C=CC(C)(CBr)CC1Cc2ccccc2O1. The van der Waals surface area contributed by atoms with E-state index in [-0.39, 0.29) is 11.5 Å². The molecule has 1 aliphatic heterocycles. The zero-order valence-electron chi connectivity index (χ0n) is 9.58. The lowest BCUT2D eigenvalue weighted by Gasteiger charge is -2.26. The normalized spacial score (nSPS) is 22.0. The number of alkyl halides is 1. The maximum atomic E-state index is 5.94. The number of benzene rings is 1. The van der Waals surface area contributed by atoms with Crippen molar-refractivity contribution in [3.8, 4) is 5.75 Å². The molecule has 0 saturated heterocycles. The van der Waals surface area contributed by atoms with Gasteiger partial charge in [0.05, 0.1) is 0 Å². The summed E-state index contributed by atoms with van der Waals surface area (Å²) in [5.74, 6) is 1.05. The molecule has 2 heteroatoms. The number of hydrogen-bond acceptors (Lipinski definition) is 1. The second-order valence-corrected chi connectivity index (χ2v) is 5.31. The highest BCUT2D eigenvalue weighted by molar-refractivity contribution is 9.09. The van der Waals surface area contributed by atoms with E-state index in [0.29, 0.717) is 0 Å². The van der Waals surface area contributed by atoms with Crippen molar-refractivity contribution >= 4 is 15.9 Å². The molecular weight excluding hydrogens is 264 g/mol. The number of fused-ring (bicyclic) bond motifs is 1. The minimum absolute atomic E-state index is 0.118. The average Bonchev–Trinajstić information content (AvgIpc) is 2.70. The molecule has 16 heavy (non-hydrogen) atoms. The van der Waals surface area contributed by atoms with Crippen LogP contribution >= 0.6 is 15.9 Å². The minimum atomic E-state index is 0.118. The topological polar surface area (TPSA) is 9.23 Å². The molecule has 1 heterocycles. The van der Waals surface area contributed by atoms with Crippen molar-refractivity contribution in [3.05, 3.63) is 42.5 Å². The molecule has 0 aliphatic carbocycles. The summed E-state index contributed by atoms with van der Waals surface area (Å²) in [7, 11) is 0. The van der Waals surface area contributed by atoms with E-state index >= 15 is 0 Å². The molecule has 0 saturated carbocycles. The summed E-state index contributed by atoms with van der Waals surface area (Å²) < 4.78 is 5.94. The Morgan fingerprint density at radius 1 is 1.56 bits per heavy atom. The Bertz CT molecular complexity index is 363. The van der Waals surface area contributed by atoms with Gasteiger partial charge in [-0.2, -0.15) is 0 Å². The van der Waals surface area contributed by atoms with Gasteiger partial charge in [-0.05, 0) is 23.5 Å². The Morgan fingerprint density at radius 2 is 2.31 bits per heavy atom. The van der Waals surface area contributed by atoms with E-state index in [9.17, 15) is 0 Å². The highest BCUT2D eigenvalue weighted by atomic mass is 79.9. The number of rotatable bonds is 4. The lowest BCUT2D eigenvalue weighted by molar-refractivity contribution is 0.182. The highest BCUT2D eigenvalue weighted by Crippen LogP contribution is 2.35. The summed E-state index contributed by atoms with van der Waals surface area (Å²) in [5.41, 5.74) is 1.45. The van der Waals surface area contributed by atoms with Crippen molar-refractivity contribution in [1.29, 1.82) is 0 Å². The summed E-state index contributed by atoms with van der Waals surface area (Å²) in [6, 6.07) is 8.30. The van der Waals surface area contributed by atoms with Crippen molar-refractivity contribution < 1.29 is 4.74 Å². The first-order valence-corrected chi connectivity index (χ1v) is 6.73. The first-order chi connectivity index (χ1) is 7.67. The molecule has 0 fully saturated rings. The van der Waals surface area contributed by atoms with Crippen LogP contribution in [0.4, 0.5) is 0 Å². The van der Waals surface area contributed by atoms with E-state index in [2.05, 4.69) is 47.6 Å². The summed E-state index contributed by atoms with van der Waals surface area (Å²) in [5, 5.41) is 0.930. The third-order valence-electron chi connectivity index (χ3n) is 3.21. The van der Waals surface area contributed by atoms with Gasteiger partial charge in [-0.3, -0.25) is 0 Å². The van der Waals surface area contributed by atoms with Gasteiger partial charge in [0.2, 0.25) is 0 Å². The molecule has 1 aliphatic rings. The average molecular weight is 281 g/mol. The Hall–Kier alpha value is -0.760. The largest absolute Gasteiger partial charge is 0.490 e. The summed E-state index contributed by atoms with van der Waals surface area (Å²) >= 11 is 3.55. The maximum Gasteiger partial charge on any atom is 0.123 e. The zero-order valence-corrected chi connectivity index (χ0v) is 11.2. The van der Waals surface area contributed by atoms with Crippen LogP contribution < -0.4 is 4.74 Å². The molecule has 0 aromatic heterocycles. The molecule has 86 valence electrons. The van der Waals surface area contributed by atoms with Gasteiger partial charge < -0.3 is 4.74 Å². The molecular formula is C14H17BrO. The van der Waals surface area contributed by atoms with Gasteiger partial charge in [0.15, 0.2) is 0 Å². The lowest BCUT2D eigenvalue weighted by Crippen LogP contribution is -2.25. The molecule has 0 spiro atoms. The Balaban J connectivity index is 2.04. The fourth-order valence-electron chi connectivity index (χ4n) is 2.08. The summed E-state index contributed by atoms with van der Waals surface area (Å²) in [6.45, 7) is 6.12. The molecule has 1 nitrogen and oxygen atoms in total. The van der Waals surface area contributed by atoms with E-state index in [1.807, 2.05) is 12.1 Å². The smallest absolute Gasteiger partial charge is 0.123 e. The van der Waals surface area contributed by atoms with Crippen molar-refractivity contribution in [1.82, 2.24) is 0 Å². The van der Waals surface area contributed by atoms with Crippen LogP contribution in [0, 0.1) is 5.41 Å². The van der Waals surface area contributed by atoms with Crippen LogP contribution in [0.25, 0.3) is 0 Å². The maximum absolute atomic E-state index is 5.94. The van der Waals surface area contributed by atoms with Crippen molar-refractivity contribution in [2.24, 2.45) is 5.41 Å². The Labute approximate surface area is 106 Å². The van der Waals surface area contributed by atoms with Gasteiger partial charge in [0.1, 0.15) is 11.9 Å². The molecule has 0 N–H and O–H groups in total. The Kier molecular flexibility index (Phi) is 3.38. The number of ether oxygens (including phenoxy) is 1. The van der Waals surface area contributed by atoms with Crippen LogP contribution in [0.15, 0.2) is 36.9 Å². The van der Waals surface area contributed by atoms with E-state index < -0.39 is 0 Å². The van der Waals surface area contributed by atoms with Crippen molar-refractivity contribution in [3.63, 3.8) is 0 Å². The second kappa shape index (κ2) is 4.62. The number of halogens is 1. The molecule has 2 atom stereocenters. The van der Waals surface area contributed by atoms with Gasteiger partial charge in [-0.1, -0.05) is 47.1 Å². The minimum Gasteiger partial charge on any atom is -0.490 e. The first kappa shape index (κ1) is 11.7. The summed E-state index contributed by atoms with van der Waals surface area (Å²) in [4.78, 5) is 0. The van der Waals surface area contributed by atoms with Crippen LogP contribution in [-0.2, 0) is 6.42 Å². The molecule has 1 aromatic rings. The van der Waals surface area contributed by atoms with Crippen LogP contribution in [0.1, 0.15) is 18.9 Å². The van der Waals surface area contributed by atoms with Crippen LogP contribution in [0.5, 0.6) is 5.75 Å². The van der Waals surface area contributed by atoms with E-state index in [1.54, 1.807) is 0 Å². The van der Waals surface area contributed by atoms with E-state index in [4.69, 9.17) is 4.74 Å². The Morgan fingerprint density at radius 3 is 2.94 bits per heavy atom. The number of hydrogen-bond donors (Lipinski definition) is 0. The van der Waals surface area contributed by atoms with E-state index in [0.717, 1.165) is 23.9 Å². The monoisotopic (exact) mass is 280 g/mol. The molecule has 1 aromatic carbocycles. The molecule has 0 bridgehead atoms. The first-order valence-electron chi connectivity index (χ1n) is 5.61. The van der Waals surface area contributed by atoms with Crippen LogP contribution in [0.3, 0.4) is 0 Å². The summed E-state index contributed by atoms with van der Waals surface area (Å²) in [6.07, 6.45) is 4.34. The highest BCUT2D eigenvalue weighted by Gasteiger charge is 2.29. The molecule has 0 radical (unpaired) electrons. The predicted molar refractivity (Wildman–Crippen MR) is 71.3 cm³/mol. The quantitative estimate of drug-likeness (QED) is 0.599. The predicted octanol–water partition coefficient (Wildman–Crippen LogP) is 3.97.